The van der Waals surface area contributed by atoms with Gasteiger partial charge in [-0.3, -0.25) is 0 Å². The zero-order chi connectivity index (χ0) is 12.2. The Morgan fingerprint density at radius 1 is 1.06 bits per heavy atom. The van der Waals surface area contributed by atoms with Crippen molar-refractivity contribution >= 4 is 39.2 Å². The first-order valence-electron chi connectivity index (χ1n) is 6.57. The highest BCUT2D eigenvalue weighted by molar-refractivity contribution is 7.65. The van der Waals surface area contributed by atoms with Gasteiger partial charge in [0.25, 0.3) is 0 Å². The van der Waals surface area contributed by atoms with Gasteiger partial charge in [0.15, 0.2) is 0 Å². The van der Waals surface area contributed by atoms with Crippen molar-refractivity contribution in [1.29, 1.82) is 0 Å². The first-order valence-corrected chi connectivity index (χ1v) is 11.7. The molecule has 0 bridgehead atoms. The Kier molecular flexibility index (Phi) is 6.50. The van der Waals surface area contributed by atoms with E-state index < -0.39 is 6.00 Å². The van der Waals surface area contributed by atoms with E-state index in [1.54, 1.807) is 0 Å². The number of unbranched alkanes of at least 4 members (excludes halogenated alkanes) is 1. The molecular formula is C12H23Cl3Si. The molecule has 1 aliphatic rings. The van der Waals surface area contributed by atoms with E-state index in [9.17, 15) is 0 Å². The molecule has 1 fully saturated rings. The third-order valence-electron chi connectivity index (χ3n) is 4.00. The average Bonchev–Trinajstić information content (AvgIpc) is 2.24. The van der Waals surface area contributed by atoms with Gasteiger partial charge in [0.1, 0.15) is 0 Å². The summed E-state index contributed by atoms with van der Waals surface area (Å²) in [4.78, 5) is 0. The summed E-state index contributed by atoms with van der Waals surface area (Å²) in [7, 11) is 0. The Hall–Kier alpha value is 1.09. The molecule has 0 amide bonds. The molecule has 0 aliphatic heterocycles. The second-order valence-electron chi connectivity index (χ2n) is 5.07. The first kappa shape index (κ1) is 15.1. The normalized spacial score (nSPS) is 31.7. The van der Waals surface area contributed by atoms with E-state index >= 15 is 0 Å². The van der Waals surface area contributed by atoms with Crippen molar-refractivity contribution < 1.29 is 0 Å². The molecule has 0 nitrogen and oxygen atoms in total. The van der Waals surface area contributed by atoms with Crippen LogP contribution in [0, 0.1) is 11.8 Å². The first-order chi connectivity index (χ1) is 7.50. The van der Waals surface area contributed by atoms with Crippen LogP contribution in [-0.2, 0) is 0 Å². The summed E-state index contributed by atoms with van der Waals surface area (Å²) < 4.78 is 0. The topological polar surface area (TPSA) is 0 Å². The van der Waals surface area contributed by atoms with Gasteiger partial charge in [-0.15, -0.1) is 33.2 Å². The zero-order valence-electron chi connectivity index (χ0n) is 10.3. The maximum Gasteiger partial charge on any atom is 0.344 e. The van der Waals surface area contributed by atoms with Crippen LogP contribution in [-0.4, -0.2) is 6.00 Å². The standard InChI is InChI=1S/C12H23Cl3Si/c1-3-5-7-11-9-6-8-10(4-2)12(11)16(13,14)15/h10-12H,3-9H2,1-2H3. The Morgan fingerprint density at radius 2 is 1.69 bits per heavy atom. The summed E-state index contributed by atoms with van der Waals surface area (Å²) in [5, 5.41) is 0. The van der Waals surface area contributed by atoms with Gasteiger partial charge in [-0.1, -0.05) is 58.8 Å². The molecule has 0 heterocycles. The maximum absolute atomic E-state index is 6.33. The molecule has 1 rings (SSSR count). The quantitative estimate of drug-likeness (QED) is 0.430. The van der Waals surface area contributed by atoms with Crippen LogP contribution in [0.1, 0.15) is 58.8 Å². The minimum Gasteiger partial charge on any atom is -0.126 e. The Labute approximate surface area is 115 Å². The number of halogens is 3. The molecule has 16 heavy (non-hydrogen) atoms. The molecule has 1 aliphatic carbocycles. The molecule has 4 heteroatoms. The molecule has 0 radical (unpaired) electrons. The predicted molar refractivity (Wildman–Crippen MR) is 77.7 cm³/mol. The van der Waals surface area contributed by atoms with Gasteiger partial charge in [-0.05, 0) is 11.8 Å². The molecule has 0 saturated heterocycles. The predicted octanol–water partition coefficient (Wildman–Crippen LogP) is 6.03. The van der Waals surface area contributed by atoms with Gasteiger partial charge < -0.3 is 0 Å². The molecule has 1 saturated carbocycles. The lowest BCUT2D eigenvalue weighted by Crippen LogP contribution is -2.35. The molecule has 0 aromatic carbocycles. The van der Waals surface area contributed by atoms with Crippen molar-refractivity contribution in [2.24, 2.45) is 11.8 Å². The summed E-state index contributed by atoms with van der Waals surface area (Å²) >= 11 is 19.0. The van der Waals surface area contributed by atoms with Crippen molar-refractivity contribution in [3.05, 3.63) is 0 Å². The minimum atomic E-state index is -2.54. The third-order valence-corrected chi connectivity index (χ3v) is 7.96. The third kappa shape index (κ3) is 4.08. The SMILES string of the molecule is CCCCC1CCCC(CC)C1[Si](Cl)(Cl)Cl. The van der Waals surface area contributed by atoms with Crippen LogP contribution in [0.25, 0.3) is 0 Å². The van der Waals surface area contributed by atoms with Crippen LogP contribution < -0.4 is 0 Å². The maximum atomic E-state index is 6.33. The highest BCUT2D eigenvalue weighted by Crippen LogP contribution is 2.52. The van der Waals surface area contributed by atoms with Gasteiger partial charge in [0, 0.05) is 5.54 Å². The number of hydrogen-bond donors (Lipinski definition) is 0. The second-order valence-corrected chi connectivity index (χ2v) is 13.9. The minimum absolute atomic E-state index is 0.405. The highest BCUT2D eigenvalue weighted by Gasteiger charge is 2.46. The van der Waals surface area contributed by atoms with E-state index in [-0.39, 0.29) is 0 Å². The van der Waals surface area contributed by atoms with E-state index in [0.717, 1.165) is 0 Å². The fourth-order valence-electron chi connectivity index (χ4n) is 3.17. The molecule has 3 unspecified atom stereocenters. The lowest BCUT2D eigenvalue weighted by atomic mass is 9.77. The van der Waals surface area contributed by atoms with E-state index in [1.165, 1.54) is 44.9 Å². The molecule has 0 aromatic rings. The fourth-order valence-corrected chi connectivity index (χ4v) is 8.18. The summed E-state index contributed by atoms with van der Waals surface area (Å²) in [6, 6.07) is -2.54. The lowest BCUT2D eigenvalue weighted by Gasteiger charge is -2.41. The van der Waals surface area contributed by atoms with Crippen LogP contribution >= 0.6 is 33.2 Å². The molecule has 96 valence electrons. The Morgan fingerprint density at radius 3 is 2.19 bits per heavy atom. The highest BCUT2D eigenvalue weighted by atomic mass is 35.8. The summed E-state index contributed by atoms with van der Waals surface area (Å²) in [5.74, 6) is 1.34. The van der Waals surface area contributed by atoms with E-state index in [1.807, 2.05) is 0 Å². The largest absolute Gasteiger partial charge is 0.344 e. The van der Waals surface area contributed by atoms with Gasteiger partial charge in [-0.2, -0.15) is 0 Å². The van der Waals surface area contributed by atoms with E-state index in [4.69, 9.17) is 33.2 Å². The number of hydrogen-bond acceptors (Lipinski definition) is 0. The van der Waals surface area contributed by atoms with Gasteiger partial charge in [0.05, 0.1) is 0 Å². The van der Waals surface area contributed by atoms with Gasteiger partial charge in [0.2, 0.25) is 0 Å². The van der Waals surface area contributed by atoms with Crippen molar-refractivity contribution in [3.63, 3.8) is 0 Å². The van der Waals surface area contributed by atoms with Crippen LogP contribution in [0.15, 0.2) is 0 Å². The van der Waals surface area contributed by atoms with E-state index in [0.29, 0.717) is 17.4 Å². The second kappa shape index (κ2) is 6.87. The van der Waals surface area contributed by atoms with Crippen LogP contribution in [0.4, 0.5) is 0 Å². The van der Waals surface area contributed by atoms with Crippen LogP contribution in [0.3, 0.4) is 0 Å². The molecule has 0 aromatic heterocycles. The van der Waals surface area contributed by atoms with E-state index in [2.05, 4.69) is 13.8 Å². The summed E-state index contributed by atoms with van der Waals surface area (Å²) in [5.41, 5.74) is 0.405. The fraction of sp³-hybridized carbons (Fsp3) is 1.00. The van der Waals surface area contributed by atoms with Crippen LogP contribution in [0.5, 0.6) is 0 Å². The molecular weight excluding hydrogens is 279 g/mol. The average molecular weight is 302 g/mol. The van der Waals surface area contributed by atoms with Crippen LogP contribution in [0.2, 0.25) is 5.54 Å². The van der Waals surface area contributed by atoms with Crippen molar-refractivity contribution in [2.45, 2.75) is 64.3 Å². The van der Waals surface area contributed by atoms with Gasteiger partial charge >= 0.3 is 6.00 Å². The number of rotatable bonds is 5. The lowest BCUT2D eigenvalue weighted by molar-refractivity contribution is 0.244. The Balaban J connectivity index is 2.71. The van der Waals surface area contributed by atoms with Crippen molar-refractivity contribution in [3.8, 4) is 0 Å². The monoisotopic (exact) mass is 300 g/mol. The summed E-state index contributed by atoms with van der Waals surface area (Å²) in [6.45, 7) is 4.48. The Bertz CT molecular complexity index is 203. The zero-order valence-corrected chi connectivity index (χ0v) is 13.6. The van der Waals surface area contributed by atoms with Crippen molar-refractivity contribution in [2.75, 3.05) is 0 Å². The smallest absolute Gasteiger partial charge is 0.126 e. The molecule has 0 spiro atoms. The van der Waals surface area contributed by atoms with Crippen molar-refractivity contribution in [1.82, 2.24) is 0 Å². The van der Waals surface area contributed by atoms with Gasteiger partial charge in [-0.25, -0.2) is 0 Å². The summed E-state index contributed by atoms with van der Waals surface area (Å²) in [6.07, 6.45) is 8.85. The molecule has 3 atom stereocenters. The molecule has 0 N–H and O–H groups in total.